The van der Waals surface area contributed by atoms with Crippen molar-refractivity contribution in [1.82, 2.24) is 14.3 Å². The summed E-state index contributed by atoms with van der Waals surface area (Å²) < 4.78 is 51.6. The molecule has 35 heavy (non-hydrogen) atoms. The highest BCUT2D eigenvalue weighted by Crippen LogP contribution is 2.36. The zero-order valence-corrected chi connectivity index (χ0v) is 20.8. The van der Waals surface area contributed by atoms with Crippen molar-refractivity contribution in [2.45, 2.75) is 18.9 Å². The molecule has 1 fully saturated rings. The minimum Gasteiger partial charge on any atom is -0.493 e. The average Bonchev–Trinajstić information content (AvgIpc) is 2.86. The molecule has 0 bridgehead atoms. The number of ether oxygens (including phenoxy) is 2. The average molecular weight is 540 g/mol. The van der Waals surface area contributed by atoms with E-state index in [1.807, 2.05) is 0 Å². The molecule has 12 heteroatoms. The fourth-order valence-corrected chi connectivity index (χ4v) is 5.06. The standard InChI is InChI=1S/C23H20Cl2FN3O5S/c1-3-35(31,32)29-8-6-13(7-9-29)34-19-10-15-17(11-18(19)33-2)27-12-28-22(15)23(30)14-4-5-16(24)20(25)21(14)26/h3-5,10-13H,1,6-9H2,2H3. The van der Waals surface area contributed by atoms with Crippen LogP contribution in [0.5, 0.6) is 11.5 Å². The fourth-order valence-electron chi connectivity index (χ4n) is 3.81. The molecule has 1 saturated heterocycles. The van der Waals surface area contributed by atoms with Crippen LogP contribution in [0.15, 0.2) is 42.6 Å². The van der Waals surface area contributed by atoms with E-state index in [2.05, 4.69) is 16.5 Å². The third-order valence-corrected chi connectivity index (χ3v) is 7.97. The highest BCUT2D eigenvalue weighted by Gasteiger charge is 2.28. The van der Waals surface area contributed by atoms with Gasteiger partial charge in [-0.15, -0.1) is 0 Å². The van der Waals surface area contributed by atoms with E-state index in [0.29, 0.717) is 35.2 Å². The Morgan fingerprint density at radius 3 is 2.57 bits per heavy atom. The summed E-state index contributed by atoms with van der Waals surface area (Å²) in [7, 11) is -2.03. The van der Waals surface area contributed by atoms with Gasteiger partial charge in [-0.2, -0.15) is 4.31 Å². The number of aromatic nitrogens is 2. The van der Waals surface area contributed by atoms with E-state index in [4.69, 9.17) is 32.7 Å². The van der Waals surface area contributed by atoms with Crippen LogP contribution in [0.1, 0.15) is 28.9 Å². The quantitative estimate of drug-likeness (QED) is 0.318. The second-order valence-corrected chi connectivity index (χ2v) is 10.4. The van der Waals surface area contributed by atoms with Crippen molar-refractivity contribution in [3.63, 3.8) is 0 Å². The van der Waals surface area contributed by atoms with Gasteiger partial charge >= 0.3 is 0 Å². The first-order valence-corrected chi connectivity index (χ1v) is 12.7. The summed E-state index contributed by atoms with van der Waals surface area (Å²) in [5.74, 6) is -0.949. The fraction of sp³-hybridized carbons (Fsp3) is 0.261. The van der Waals surface area contributed by atoms with Crippen LogP contribution in [0.25, 0.3) is 10.9 Å². The zero-order valence-electron chi connectivity index (χ0n) is 18.5. The summed E-state index contributed by atoms with van der Waals surface area (Å²) in [6.45, 7) is 3.90. The van der Waals surface area contributed by atoms with Crippen LogP contribution < -0.4 is 9.47 Å². The topological polar surface area (TPSA) is 98.7 Å². The van der Waals surface area contributed by atoms with Gasteiger partial charge < -0.3 is 9.47 Å². The molecule has 0 radical (unpaired) electrons. The number of ketones is 1. The number of fused-ring (bicyclic) bond motifs is 1. The Balaban J connectivity index is 1.68. The molecule has 0 unspecified atom stereocenters. The predicted molar refractivity (Wildman–Crippen MR) is 130 cm³/mol. The molecule has 2 aromatic carbocycles. The monoisotopic (exact) mass is 539 g/mol. The molecule has 1 aromatic heterocycles. The Kier molecular flexibility index (Phi) is 7.27. The first-order valence-electron chi connectivity index (χ1n) is 10.5. The maximum atomic E-state index is 14.7. The molecule has 4 rings (SSSR count). The predicted octanol–water partition coefficient (Wildman–Crippen LogP) is 4.63. The van der Waals surface area contributed by atoms with Gasteiger partial charge in [0.2, 0.25) is 15.8 Å². The highest BCUT2D eigenvalue weighted by molar-refractivity contribution is 7.92. The number of nitrogens with zero attached hydrogens (tertiary/aromatic N) is 3. The van der Waals surface area contributed by atoms with Crippen molar-refractivity contribution in [2.24, 2.45) is 0 Å². The lowest BCUT2D eigenvalue weighted by Gasteiger charge is -2.30. The lowest BCUT2D eigenvalue weighted by Crippen LogP contribution is -2.40. The van der Waals surface area contributed by atoms with Crippen molar-refractivity contribution in [3.05, 3.63) is 69.7 Å². The maximum absolute atomic E-state index is 14.7. The van der Waals surface area contributed by atoms with Crippen molar-refractivity contribution in [3.8, 4) is 11.5 Å². The molecule has 0 N–H and O–H groups in total. The Morgan fingerprint density at radius 2 is 1.91 bits per heavy atom. The number of carbonyl (C=O) groups is 1. The normalized spacial score (nSPS) is 15.2. The Bertz CT molecular complexity index is 1430. The maximum Gasteiger partial charge on any atom is 0.235 e. The largest absolute Gasteiger partial charge is 0.493 e. The van der Waals surface area contributed by atoms with E-state index >= 15 is 0 Å². The lowest BCUT2D eigenvalue weighted by molar-refractivity contribution is 0.103. The number of carbonyl (C=O) groups excluding carboxylic acids is 1. The number of hydrogen-bond donors (Lipinski definition) is 0. The Morgan fingerprint density at radius 1 is 1.20 bits per heavy atom. The second kappa shape index (κ2) is 10.1. The summed E-state index contributed by atoms with van der Waals surface area (Å²) >= 11 is 11.7. The summed E-state index contributed by atoms with van der Waals surface area (Å²) in [5, 5.41) is 0.882. The molecule has 1 aliphatic rings. The SMILES string of the molecule is C=CS(=O)(=O)N1CCC(Oc2cc3c(C(=O)c4ccc(Cl)c(Cl)c4F)ncnc3cc2OC)CC1. The van der Waals surface area contributed by atoms with Gasteiger partial charge in [-0.3, -0.25) is 4.79 Å². The molecular formula is C23H20Cl2FN3O5S. The summed E-state index contributed by atoms with van der Waals surface area (Å²) in [4.78, 5) is 21.5. The number of rotatable bonds is 7. The van der Waals surface area contributed by atoms with Gasteiger partial charge in [0.15, 0.2) is 17.3 Å². The molecule has 0 atom stereocenters. The van der Waals surface area contributed by atoms with Gasteiger partial charge in [0.05, 0.1) is 28.2 Å². The molecule has 3 aromatic rings. The molecule has 0 amide bonds. The van der Waals surface area contributed by atoms with E-state index in [-0.39, 0.29) is 40.5 Å². The van der Waals surface area contributed by atoms with Gasteiger partial charge in [0.1, 0.15) is 18.1 Å². The molecule has 184 valence electrons. The number of halogens is 3. The number of methoxy groups -OCH3 is 1. The summed E-state index contributed by atoms with van der Waals surface area (Å²) in [6, 6.07) is 5.72. The van der Waals surface area contributed by atoms with Crippen LogP contribution in [-0.4, -0.2) is 54.8 Å². The van der Waals surface area contributed by atoms with E-state index in [0.717, 1.165) is 5.41 Å². The lowest BCUT2D eigenvalue weighted by atomic mass is 10.0. The van der Waals surface area contributed by atoms with E-state index in [1.54, 1.807) is 12.1 Å². The molecule has 2 heterocycles. The smallest absolute Gasteiger partial charge is 0.235 e. The number of benzene rings is 2. The first kappa shape index (κ1) is 25.3. The summed E-state index contributed by atoms with van der Waals surface area (Å²) in [6.07, 6.45) is 1.79. The van der Waals surface area contributed by atoms with Crippen LogP contribution in [0.3, 0.4) is 0 Å². The third-order valence-electron chi connectivity index (χ3n) is 5.68. The van der Waals surface area contributed by atoms with Gasteiger partial charge in [-0.25, -0.2) is 22.8 Å². The van der Waals surface area contributed by atoms with Gasteiger partial charge in [-0.1, -0.05) is 29.8 Å². The highest BCUT2D eigenvalue weighted by atomic mass is 35.5. The molecule has 0 saturated carbocycles. The third kappa shape index (κ3) is 4.97. The Labute approximate surface area is 211 Å². The second-order valence-electron chi connectivity index (χ2n) is 7.72. The number of sulfonamides is 1. The van der Waals surface area contributed by atoms with E-state index < -0.39 is 21.6 Å². The van der Waals surface area contributed by atoms with Gasteiger partial charge in [0, 0.05) is 30.0 Å². The molecule has 1 aliphatic heterocycles. The minimum absolute atomic E-state index is 0.0133. The van der Waals surface area contributed by atoms with Crippen molar-refractivity contribution in [1.29, 1.82) is 0 Å². The van der Waals surface area contributed by atoms with Crippen LogP contribution in [-0.2, 0) is 10.0 Å². The zero-order chi connectivity index (χ0) is 25.3. The number of hydrogen-bond acceptors (Lipinski definition) is 7. The van der Waals surface area contributed by atoms with Crippen molar-refractivity contribution < 1.29 is 27.1 Å². The van der Waals surface area contributed by atoms with Crippen LogP contribution in [0, 0.1) is 5.82 Å². The van der Waals surface area contributed by atoms with Gasteiger partial charge in [0.25, 0.3) is 0 Å². The Hall–Kier alpha value is -2.79. The van der Waals surface area contributed by atoms with Crippen LogP contribution >= 0.6 is 23.2 Å². The van der Waals surface area contributed by atoms with Crippen molar-refractivity contribution >= 4 is 49.9 Å². The van der Waals surface area contributed by atoms with E-state index in [1.165, 1.54) is 29.9 Å². The minimum atomic E-state index is -3.50. The van der Waals surface area contributed by atoms with Crippen molar-refractivity contribution in [2.75, 3.05) is 20.2 Å². The number of piperidine rings is 1. The van der Waals surface area contributed by atoms with Crippen LogP contribution in [0.2, 0.25) is 10.0 Å². The van der Waals surface area contributed by atoms with E-state index in [9.17, 15) is 17.6 Å². The molecule has 0 spiro atoms. The van der Waals surface area contributed by atoms with Gasteiger partial charge in [-0.05, 0) is 31.0 Å². The van der Waals surface area contributed by atoms with Crippen LogP contribution in [0.4, 0.5) is 4.39 Å². The molecular weight excluding hydrogens is 520 g/mol. The molecule has 8 nitrogen and oxygen atoms in total. The summed E-state index contributed by atoms with van der Waals surface area (Å²) in [5.41, 5.74) is 0.0556. The first-order chi connectivity index (χ1) is 16.7. The molecule has 0 aliphatic carbocycles.